The minimum Gasteiger partial charge on any atom is -0.489 e. The molecule has 0 amide bonds. The minimum atomic E-state index is -0.262. The van der Waals surface area contributed by atoms with Crippen LogP contribution < -0.4 is 10.1 Å². The molecular weight excluding hydrogens is 217 g/mol. The van der Waals surface area contributed by atoms with Gasteiger partial charge in [-0.15, -0.1) is 0 Å². The molecule has 0 atom stereocenters. The van der Waals surface area contributed by atoms with Crippen molar-refractivity contribution in [1.29, 1.82) is 0 Å². The Balaban J connectivity index is 2.23. The summed E-state index contributed by atoms with van der Waals surface area (Å²) in [6.45, 7) is 7.07. The van der Waals surface area contributed by atoms with Gasteiger partial charge in [0, 0.05) is 6.54 Å². The highest BCUT2D eigenvalue weighted by molar-refractivity contribution is 5.22. The maximum absolute atomic E-state index is 12.6. The first-order valence-electron chi connectivity index (χ1n) is 5.65. The summed E-state index contributed by atoms with van der Waals surface area (Å²) in [6.07, 6.45) is 4.95. The van der Waals surface area contributed by atoms with E-state index in [0.29, 0.717) is 18.9 Å². The molecule has 92 valence electrons. The van der Waals surface area contributed by atoms with Crippen LogP contribution in [0.5, 0.6) is 5.75 Å². The maximum Gasteiger partial charge on any atom is 0.123 e. The van der Waals surface area contributed by atoms with Crippen molar-refractivity contribution in [1.82, 2.24) is 5.32 Å². The van der Waals surface area contributed by atoms with Gasteiger partial charge in [0.1, 0.15) is 18.2 Å². The van der Waals surface area contributed by atoms with Crippen LogP contribution in [0.15, 0.2) is 48.7 Å². The van der Waals surface area contributed by atoms with Crippen LogP contribution >= 0.6 is 0 Å². The molecule has 1 aromatic rings. The summed E-state index contributed by atoms with van der Waals surface area (Å²) in [6, 6.07) is 5.96. The number of nitrogens with one attached hydrogen (secondary N) is 1. The number of hydrogen-bond acceptors (Lipinski definition) is 2. The van der Waals surface area contributed by atoms with Crippen LogP contribution in [0.25, 0.3) is 0 Å². The molecule has 0 aliphatic heterocycles. The zero-order valence-corrected chi connectivity index (χ0v) is 10.1. The Bertz CT molecular complexity index is 370. The molecule has 0 fully saturated rings. The third-order valence-corrected chi connectivity index (χ3v) is 2.08. The molecular formula is C14H18FNO. The van der Waals surface area contributed by atoms with E-state index in [2.05, 4.69) is 18.8 Å². The van der Waals surface area contributed by atoms with E-state index in [9.17, 15) is 4.39 Å². The lowest BCUT2D eigenvalue weighted by Crippen LogP contribution is -2.14. The Kier molecular flexibility index (Phi) is 5.86. The van der Waals surface area contributed by atoms with Crippen molar-refractivity contribution in [3.05, 3.63) is 54.5 Å². The molecule has 0 saturated heterocycles. The summed E-state index contributed by atoms with van der Waals surface area (Å²) in [5, 5.41) is 3.11. The number of hydrogen-bond donors (Lipinski definition) is 1. The average Bonchev–Trinajstić information content (AvgIpc) is 2.34. The third kappa shape index (κ3) is 5.76. The highest BCUT2D eigenvalue weighted by Gasteiger charge is 1.96. The molecule has 0 spiro atoms. The number of allylic oxidation sites excluding steroid dienone is 1. The smallest absolute Gasteiger partial charge is 0.123 e. The van der Waals surface area contributed by atoms with Crippen LogP contribution in [0.2, 0.25) is 0 Å². The molecule has 1 aromatic carbocycles. The highest BCUT2D eigenvalue weighted by Crippen LogP contribution is 2.11. The predicted molar refractivity (Wildman–Crippen MR) is 68.5 cm³/mol. The van der Waals surface area contributed by atoms with E-state index < -0.39 is 0 Å². The molecule has 0 radical (unpaired) electrons. The quantitative estimate of drug-likeness (QED) is 0.732. The Hall–Kier alpha value is -1.77. The largest absolute Gasteiger partial charge is 0.489 e. The van der Waals surface area contributed by atoms with Crippen LogP contribution in [0.1, 0.15) is 13.3 Å². The number of rotatable bonds is 7. The lowest BCUT2D eigenvalue weighted by atomic mass is 10.3. The fraction of sp³-hybridized carbons (Fsp3) is 0.286. The summed E-state index contributed by atoms with van der Waals surface area (Å²) in [5.74, 6) is 0.388. The first kappa shape index (κ1) is 13.3. The second-order valence-electron chi connectivity index (χ2n) is 3.68. The lowest BCUT2D eigenvalue weighted by molar-refractivity contribution is 0.349. The van der Waals surface area contributed by atoms with Gasteiger partial charge in [-0.05, 0) is 42.5 Å². The fourth-order valence-electron chi connectivity index (χ4n) is 1.17. The average molecular weight is 235 g/mol. The highest BCUT2D eigenvalue weighted by atomic mass is 19.1. The Labute approximate surface area is 102 Å². The zero-order valence-electron chi connectivity index (χ0n) is 10.1. The molecule has 2 nitrogen and oxygen atoms in total. The van der Waals surface area contributed by atoms with Gasteiger partial charge in [-0.25, -0.2) is 4.39 Å². The molecule has 3 heteroatoms. The molecule has 0 unspecified atom stereocenters. The van der Waals surface area contributed by atoms with Gasteiger partial charge < -0.3 is 10.1 Å². The summed E-state index contributed by atoms with van der Waals surface area (Å²) >= 11 is 0. The maximum atomic E-state index is 12.6. The van der Waals surface area contributed by atoms with E-state index in [-0.39, 0.29) is 5.82 Å². The second kappa shape index (κ2) is 7.49. The molecule has 1 N–H and O–H groups in total. The normalized spacial score (nSPS) is 10.5. The monoisotopic (exact) mass is 235 g/mol. The molecule has 0 aliphatic carbocycles. The van der Waals surface area contributed by atoms with Crippen molar-refractivity contribution >= 4 is 0 Å². The van der Waals surface area contributed by atoms with E-state index in [1.54, 1.807) is 12.1 Å². The number of ether oxygens (including phenoxy) is 1. The first-order valence-corrected chi connectivity index (χ1v) is 5.65. The SMILES string of the molecule is C=C(CN/C=C/CC)COc1ccc(F)cc1. The zero-order chi connectivity index (χ0) is 12.5. The lowest BCUT2D eigenvalue weighted by Gasteiger charge is -2.08. The van der Waals surface area contributed by atoms with Gasteiger partial charge in [0.2, 0.25) is 0 Å². The summed E-state index contributed by atoms with van der Waals surface area (Å²) in [7, 11) is 0. The summed E-state index contributed by atoms with van der Waals surface area (Å²) < 4.78 is 18.1. The van der Waals surface area contributed by atoms with E-state index in [4.69, 9.17) is 4.74 Å². The first-order chi connectivity index (χ1) is 8.22. The topological polar surface area (TPSA) is 21.3 Å². The van der Waals surface area contributed by atoms with Gasteiger partial charge in [0.15, 0.2) is 0 Å². The second-order valence-corrected chi connectivity index (χ2v) is 3.68. The van der Waals surface area contributed by atoms with Gasteiger partial charge in [0.05, 0.1) is 0 Å². The van der Waals surface area contributed by atoms with Crippen molar-refractivity contribution in [3.8, 4) is 5.75 Å². The van der Waals surface area contributed by atoms with Crippen molar-refractivity contribution in [3.63, 3.8) is 0 Å². The Morgan fingerprint density at radius 1 is 1.41 bits per heavy atom. The molecule has 0 heterocycles. The Morgan fingerprint density at radius 2 is 2.12 bits per heavy atom. The van der Waals surface area contributed by atoms with Crippen LogP contribution in [0, 0.1) is 5.82 Å². The minimum absolute atomic E-state index is 0.262. The molecule has 0 bridgehead atoms. The molecule has 0 saturated carbocycles. The summed E-state index contributed by atoms with van der Waals surface area (Å²) in [4.78, 5) is 0. The van der Waals surface area contributed by atoms with E-state index in [0.717, 1.165) is 12.0 Å². The van der Waals surface area contributed by atoms with Gasteiger partial charge in [-0.1, -0.05) is 19.6 Å². The summed E-state index contributed by atoms with van der Waals surface area (Å²) in [5.41, 5.74) is 0.940. The molecule has 0 aliphatic rings. The van der Waals surface area contributed by atoms with E-state index >= 15 is 0 Å². The van der Waals surface area contributed by atoms with Gasteiger partial charge in [0.25, 0.3) is 0 Å². The van der Waals surface area contributed by atoms with E-state index in [1.165, 1.54) is 12.1 Å². The van der Waals surface area contributed by atoms with Crippen LogP contribution in [0.3, 0.4) is 0 Å². The third-order valence-electron chi connectivity index (χ3n) is 2.08. The van der Waals surface area contributed by atoms with Crippen molar-refractivity contribution in [2.75, 3.05) is 13.2 Å². The fourth-order valence-corrected chi connectivity index (χ4v) is 1.17. The molecule has 0 aromatic heterocycles. The Morgan fingerprint density at radius 3 is 2.76 bits per heavy atom. The van der Waals surface area contributed by atoms with Crippen LogP contribution in [-0.4, -0.2) is 13.2 Å². The van der Waals surface area contributed by atoms with Gasteiger partial charge in [-0.2, -0.15) is 0 Å². The standard InChI is InChI=1S/C14H18FNO/c1-3-4-9-16-10-12(2)11-17-14-7-5-13(15)6-8-14/h4-9,16H,2-3,10-11H2,1H3/b9-4+. The number of halogens is 1. The van der Waals surface area contributed by atoms with Crippen LogP contribution in [-0.2, 0) is 0 Å². The molecule has 17 heavy (non-hydrogen) atoms. The van der Waals surface area contributed by atoms with E-state index in [1.807, 2.05) is 12.3 Å². The van der Waals surface area contributed by atoms with Gasteiger partial charge >= 0.3 is 0 Å². The van der Waals surface area contributed by atoms with Crippen molar-refractivity contribution < 1.29 is 9.13 Å². The van der Waals surface area contributed by atoms with Crippen molar-refractivity contribution in [2.45, 2.75) is 13.3 Å². The van der Waals surface area contributed by atoms with Crippen LogP contribution in [0.4, 0.5) is 4.39 Å². The molecule has 1 rings (SSSR count). The number of benzene rings is 1. The van der Waals surface area contributed by atoms with Crippen molar-refractivity contribution in [2.24, 2.45) is 0 Å². The predicted octanol–water partition coefficient (Wildman–Crippen LogP) is 3.27. The van der Waals surface area contributed by atoms with Gasteiger partial charge in [-0.3, -0.25) is 0 Å².